The highest BCUT2D eigenvalue weighted by Crippen LogP contribution is 2.32. The van der Waals surface area contributed by atoms with Gasteiger partial charge in [-0.15, -0.1) is 0 Å². The van der Waals surface area contributed by atoms with Crippen molar-refractivity contribution in [1.82, 2.24) is 0 Å². The smallest absolute Gasteiger partial charge is 0.265 e. The third-order valence-corrected chi connectivity index (χ3v) is 3.84. The number of ether oxygens (including phenoxy) is 3. The van der Waals surface area contributed by atoms with Crippen LogP contribution in [-0.2, 0) is 11.2 Å². The van der Waals surface area contributed by atoms with Crippen LogP contribution in [0.5, 0.6) is 17.2 Å². The van der Waals surface area contributed by atoms with Gasteiger partial charge in [0.2, 0.25) is 0 Å². The Morgan fingerprint density at radius 3 is 2.52 bits per heavy atom. The maximum absolute atomic E-state index is 12.4. The Labute approximate surface area is 139 Å². The summed E-state index contributed by atoms with van der Waals surface area (Å²) in [5.74, 6) is 1.66. The zero-order valence-electron chi connectivity index (χ0n) is 12.8. The fourth-order valence-electron chi connectivity index (χ4n) is 2.47. The van der Waals surface area contributed by atoms with Crippen LogP contribution < -0.4 is 19.5 Å². The summed E-state index contributed by atoms with van der Waals surface area (Å²) in [6.45, 7) is 0. The van der Waals surface area contributed by atoms with Crippen LogP contribution in [0.2, 0.25) is 5.02 Å². The molecular formula is C17H16ClNO4. The Morgan fingerprint density at radius 2 is 1.87 bits per heavy atom. The largest absolute Gasteiger partial charge is 0.497 e. The number of halogens is 1. The van der Waals surface area contributed by atoms with E-state index in [-0.39, 0.29) is 5.91 Å². The fraction of sp³-hybridized carbons (Fsp3) is 0.235. The van der Waals surface area contributed by atoms with Crippen molar-refractivity contribution < 1.29 is 19.0 Å². The normalized spacial score (nSPS) is 15.5. The maximum atomic E-state index is 12.4. The predicted octanol–water partition coefficient (Wildman–Crippen LogP) is 3.30. The number of carbonyl (C=O) groups excluding carboxylic acids is 1. The number of methoxy groups -OCH3 is 2. The number of fused-ring (bicyclic) bond motifs is 1. The average Bonchev–Trinajstić information content (AvgIpc) is 2.97. The first-order valence-electron chi connectivity index (χ1n) is 7.08. The number of hydrogen-bond acceptors (Lipinski definition) is 4. The Bertz CT molecular complexity index is 725. The lowest BCUT2D eigenvalue weighted by Crippen LogP contribution is -2.31. The summed E-state index contributed by atoms with van der Waals surface area (Å²) in [6.07, 6.45) is -0.0938. The minimum absolute atomic E-state index is 0.229. The second-order valence-corrected chi connectivity index (χ2v) is 5.59. The molecular weight excluding hydrogens is 318 g/mol. The second kappa shape index (κ2) is 6.38. The van der Waals surface area contributed by atoms with Gasteiger partial charge in [-0.2, -0.15) is 0 Å². The molecule has 0 fully saturated rings. The van der Waals surface area contributed by atoms with E-state index in [1.807, 2.05) is 6.07 Å². The number of amides is 1. The molecule has 5 nitrogen and oxygen atoms in total. The molecule has 0 aliphatic carbocycles. The molecule has 1 amide bonds. The molecule has 23 heavy (non-hydrogen) atoms. The Balaban J connectivity index is 1.73. The quantitative estimate of drug-likeness (QED) is 0.932. The van der Waals surface area contributed by atoms with Gasteiger partial charge in [0, 0.05) is 35.3 Å². The van der Waals surface area contributed by atoms with Crippen molar-refractivity contribution in [3.05, 3.63) is 47.0 Å². The number of rotatable bonds is 4. The molecule has 0 aromatic heterocycles. The van der Waals surface area contributed by atoms with Crippen LogP contribution in [0.15, 0.2) is 36.4 Å². The van der Waals surface area contributed by atoms with Crippen molar-refractivity contribution in [1.29, 1.82) is 0 Å². The molecule has 2 aromatic carbocycles. The number of benzene rings is 2. The van der Waals surface area contributed by atoms with Crippen molar-refractivity contribution in [3.8, 4) is 17.2 Å². The maximum Gasteiger partial charge on any atom is 0.265 e. The summed E-state index contributed by atoms with van der Waals surface area (Å²) in [5.41, 5.74) is 1.52. The lowest BCUT2D eigenvalue weighted by Gasteiger charge is -2.13. The van der Waals surface area contributed by atoms with Crippen molar-refractivity contribution in [3.63, 3.8) is 0 Å². The van der Waals surface area contributed by atoms with Gasteiger partial charge >= 0.3 is 0 Å². The molecule has 0 bridgehead atoms. The van der Waals surface area contributed by atoms with E-state index in [2.05, 4.69) is 5.32 Å². The van der Waals surface area contributed by atoms with Gasteiger partial charge in [0.05, 0.1) is 14.2 Å². The van der Waals surface area contributed by atoms with Crippen molar-refractivity contribution in [2.24, 2.45) is 0 Å². The SMILES string of the molecule is COc1cc(NC(=O)C2Cc3cc(Cl)ccc3O2)cc(OC)c1. The van der Waals surface area contributed by atoms with Crippen molar-refractivity contribution in [2.75, 3.05) is 19.5 Å². The Kier molecular flexibility index (Phi) is 4.30. The van der Waals surface area contributed by atoms with Crippen LogP contribution in [0.4, 0.5) is 5.69 Å². The van der Waals surface area contributed by atoms with Crippen LogP contribution in [0, 0.1) is 0 Å². The van der Waals surface area contributed by atoms with E-state index in [0.29, 0.717) is 34.4 Å². The lowest BCUT2D eigenvalue weighted by atomic mass is 10.1. The molecule has 1 N–H and O–H groups in total. The van der Waals surface area contributed by atoms with Crippen LogP contribution in [0.25, 0.3) is 0 Å². The molecule has 1 atom stereocenters. The lowest BCUT2D eigenvalue weighted by molar-refractivity contribution is -0.122. The average molecular weight is 334 g/mol. The van der Waals surface area contributed by atoms with Gasteiger partial charge in [-0.25, -0.2) is 0 Å². The molecule has 1 aliphatic heterocycles. The van der Waals surface area contributed by atoms with Gasteiger partial charge in [-0.05, 0) is 23.8 Å². The van der Waals surface area contributed by atoms with E-state index in [0.717, 1.165) is 5.56 Å². The summed E-state index contributed by atoms with van der Waals surface area (Å²) < 4.78 is 16.1. The zero-order chi connectivity index (χ0) is 16.4. The number of anilines is 1. The summed E-state index contributed by atoms with van der Waals surface area (Å²) in [4.78, 5) is 12.4. The minimum atomic E-state index is -0.583. The highest BCUT2D eigenvalue weighted by atomic mass is 35.5. The molecule has 0 spiro atoms. The molecule has 3 rings (SSSR count). The number of carbonyl (C=O) groups is 1. The van der Waals surface area contributed by atoms with Crippen LogP contribution >= 0.6 is 11.6 Å². The van der Waals surface area contributed by atoms with E-state index < -0.39 is 6.10 Å². The van der Waals surface area contributed by atoms with E-state index in [9.17, 15) is 4.79 Å². The summed E-state index contributed by atoms with van der Waals surface area (Å²) in [7, 11) is 3.11. The first kappa shape index (κ1) is 15.5. The van der Waals surface area contributed by atoms with Gasteiger partial charge in [-0.1, -0.05) is 11.6 Å². The Hall–Kier alpha value is -2.40. The third-order valence-electron chi connectivity index (χ3n) is 3.61. The number of nitrogens with one attached hydrogen (secondary N) is 1. The molecule has 1 aliphatic rings. The Morgan fingerprint density at radius 1 is 1.17 bits per heavy atom. The second-order valence-electron chi connectivity index (χ2n) is 5.15. The van der Waals surface area contributed by atoms with Gasteiger partial charge in [0.1, 0.15) is 17.2 Å². The van der Waals surface area contributed by atoms with Crippen LogP contribution in [-0.4, -0.2) is 26.2 Å². The molecule has 0 saturated carbocycles. The summed E-state index contributed by atoms with van der Waals surface area (Å²) >= 11 is 5.96. The van der Waals surface area contributed by atoms with Crippen LogP contribution in [0.1, 0.15) is 5.56 Å². The summed E-state index contributed by atoms with van der Waals surface area (Å²) in [5, 5.41) is 3.46. The van der Waals surface area contributed by atoms with Crippen molar-refractivity contribution >= 4 is 23.2 Å². The van der Waals surface area contributed by atoms with Crippen LogP contribution in [0.3, 0.4) is 0 Å². The molecule has 1 heterocycles. The highest BCUT2D eigenvalue weighted by Gasteiger charge is 2.29. The van der Waals surface area contributed by atoms with Gasteiger partial charge < -0.3 is 19.5 Å². The standard InChI is InChI=1S/C17H16ClNO4/c1-21-13-7-12(8-14(9-13)22-2)19-17(20)16-6-10-5-11(18)3-4-15(10)23-16/h3-5,7-9,16H,6H2,1-2H3,(H,19,20). The first-order chi connectivity index (χ1) is 11.1. The third kappa shape index (κ3) is 3.35. The van der Waals surface area contributed by atoms with Gasteiger partial charge in [0.25, 0.3) is 5.91 Å². The van der Waals surface area contributed by atoms with E-state index in [1.165, 1.54) is 0 Å². The topological polar surface area (TPSA) is 56.8 Å². The van der Waals surface area contributed by atoms with E-state index >= 15 is 0 Å². The molecule has 1 unspecified atom stereocenters. The van der Waals surface area contributed by atoms with Crippen molar-refractivity contribution in [2.45, 2.75) is 12.5 Å². The molecule has 2 aromatic rings. The zero-order valence-corrected chi connectivity index (χ0v) is 13.5. The summed E-state index contributed by atoms with van der Waals surface area (Å²) in [6, 6.07) is 10.5. The van der Waals surface area contributed by atoms with E-state index in [1.54, 1.807) is 44.6 Å². The van der Waals surface area contributed by atoms with Gasteiger partial charge in [0.15, 0.2) is 6.10 Å². The monoisotopic (exact) mass is 333 g/mol. The molecule has 0 saturated heterocycles. The fourth-order valence-corrected chi connectivity index (χ4v) is 2.66. The predicted molar refractivity (Wildman–Crippen MR) is 87.7 cm³/mol. The molecule has 120 valence electrons. The highest BCUT2D eigenvalue weighted by molar-refractivity contribution is 6.30. The molecule has 0 radical (unpaired) electrons. The number of hydrogen-bond donors (Lipinski definition) is 1. The van der Waals surface area contributed by atoms with E-state index in [4.69, 9.17) is 25.8 Å². The first-order valence-corrected chi connectivity index (χ1v) is 7.46. The minimum Gasteiger partial charge on any atom is -0.497 e. The van der Waals surface area contributed by atoms with Gasteiger partial charge in [-0.3, -0.25) is 4.79 Å². The molecule has 6 heteroatoms.